The number of benzene rings is 1. The smallest absolute Gasteiger partial charge is 0.407 e. The lowest BCUT2D eigenvalue weighted by atomic mass is 10.2. The Labute approximate surface area is 87.2 Å². The molecule has 0 saturated heterocycles. The second kappa shape index (κ2) is 5.64. The monoisotopic (exact) mass is 208 g/mol. The van der Waals surface area contributed by atoms with E-state index in [1.165, 1.54) is 0 Å². The van der Waals surface area contributed by atoms with E-state index >= 15 is 0 Å². The first-order chi connectivity index (χ1) is 7.22. The molecule has 0 spiro atoms. The van der Waals surface area contributed by atoms with E-state index in [2.05, 4.69) is 10.1 Å². The minimum atomic E-state index is -0.612. The molecule has 1 amide bonds. The van der Waals surface area contributed by atoms with Gasteiger partial charge in [0.2, 0.25) is 0 Å². The Morgan fingerprint density at radius 3 is 2.67 bits per heavy atom. The molecule has 0 aromatic heterocycles. The fraction of sp³-hybridized carbons (Fsp3) is 0.200. The van der Waals surface area contributed by atoms with Gasteiger partial charge in [0.05, 0.1) is 0 Å². The Morgan fingerprint density at radius 2 is 2.07 bits per heavy atom. The Morgan fingerprint density at radius 1 is 1.40 bits per heavy atom. The maximum atomic E-state index is 10.9. The van der Waals surface area contributed by atoms with Crippen molar-refractivity contribution in [1.29, 1.82) is 0 Å². The zero-order valence-electron chi connectivity index (χ0n) is 8.10. The third-order valence-corrected chi connectivity index (χ3v) is 1.70. The van der Waals surface area contributed by atoms with Gasteiger partial charge in [-0.25, -0.2) is 4.79 Å². The van der Waals surface area contributed by atoms with Gasteiger partial charge in [-0.15, -0.1) is 0 Å². The normalized spacial score (nSPS) is 9.33. The van der Waals surface area contributed by atoms with Crippen molar-refractivity contribution in [2.24, 2.45) is 0 Å². The predicted octanol–water partition coefficient (Wildman–Crippen LogP) is 0.694. The van der Waals surface area contributed by atoms with E-state index in [-0.39, 0.29) is 6.61 Å². The Balaban J connectivity index is 2.33. The number of rotatable bonds is 4. The van der Waals surface area contributed by atoms with Crippen molar-refractivity contribution in [2.45, 2.75) is 6.54 Å². The minimum Gasteiger partial charge on any atom is -0.442 e. The number of alkyl carbamates (subject to hydrolysis) is 1. The lowest BCUT2D eigenvalue weighted by Crippen LogP contribution is -2.24. The molecule has 0 fully saturated rings. The van der Waals surface area contributed by atoms with Gasteiger partial charge in [-0.05, 0) is 17.7 Å². The number of hydrogen-bond acceptors (Lipinski definition) is 4. The van der Waals surface area contributed by atoms with Gasteiger partial charge in [0.15, 0.2) is 6.29 Å². The number of hydrogen-bond donors (Lipinski definition) is 2. The number of nitrogen functional groups attached to an aromatic ring is 1. The summed E-state index contributed by atoms with van der Waals surface area (Å²) in [6, 6.07) is 7.09. The van der Waals surface area contributed by atoms with Crippen molar-refractivity contribution >= 4 is 18.1 Å². The van der Waals surface area contributed by atoms with E-state index in [9.17, 15) is 9.59 Å². The average molecular weight is 208 g/mol. The van der Waals surface area contributed by atoms with Crippen LogP contribution in [0, 0.1) is 0 Å². The van der Waals surface area contributed by atoms with Crippen molar-refractivity contribution in [2.75, 3.05) is 12.3 Å². The van der Waals surface area contributed by atoms with Gasteiger partial charge in [-0.3, -0.25) is 4.79 Å². The maximum Gasteiger partial charge on any atom is 0.407 e. The molecule has 5 heteroatoms. The van der Waals surface area contributed by atoms with Crippen LogP contribution in [0.1, 0.15) is 5.56 Å². The molecule has 0 aliphatic rings. The van der Waals surface area contributed by atoms with Crippen LogP contribution in [0.25, 0.3) is 0 Å². The summed E-state index contributed by atoms with van der Waals surface area (Å²) in [5.41, 5.74) is 7.08. The summed E-state index contributed by atoms with van der Waals surface area (Å²) < 4.78 is 4.49. The summed E-state index contributed by atoms with van der Waals surface area (Å²) in [4.78, 5) is 20.8. The molecule has 0 atom stereocenters. The topological polar surface area (TPSA) is 81.4 Å². The average Bonchev–Trinajstić information content (AvgIpc) is 2.25. The number of nitrogens with two attached hydrogens (primary N) is 1. The van der Waals surface area contributed by atoms with Crippen LogP contribution in [0.5, 0.6) is 0 Å². The van der Waals surface area contributed by atoms with Crippen LogP contribution >= 0.6 is 0 Å². The number of carbonyl (C=O) groups excluding carboxylic acids is 2. The van der Waals surface area contributed by atoms with E-state index in [0.29, 0.717) is 18.5 Å². The van der Waals surface area contributed by atoms with Crippen LogP contribution in [0.3, 0.4) is 0 Å². The zero-order valence-corrected chi connectivity index (χ0v) is 8.10. The fourth-order valence-electron chi connectivity index (χ4n) is 0.970. The van der Waals surface area contributed by atoms with E-state index in [1.807, 2.05) is 0 Å². The number of aldehydes is 1. The molecule has 1 rings (SSSR count). The third kappa shape index (κ3) is 4.12. The van der Waals surface area contributed by atoms with Crippen LogP contribution in [-0.2, 0) is 16.1 Å². The highest BCUT2D eigenvalue weighted by Crippen LogP contribution is 2.04. The van der Waals surface area contributed by atoms with Crippen molar-refractivity contribution < 1.29 is 14.3 Å². The van der Waals surface area contributed by atoms with Crippen LogP contribution in [0.2, 0.25) is 0 Å². The van der Waals surface area contributed by atoms with E-state index in [0.717, 1.165) is 5.56 Å². The quantitative estimate of drug-likeness (QED) is 0.563. The second-order valence-electron chi connectivity index (χ2n) is 2.86. The van der Waals surface area contributed by atoms with Crippen LogP contribution in [0.15, 0.2) is 24.3 Å². The molecule has 1 aromatic carbocycles. The van der Waals surface area contributed by atoms with Crippen LogP contribution in [-0.4, -0.2) is 19.0 Å². The molecular formula is C10H12N2O3. The predicted molar refractivity (Wildman–Crippen MR) is 55.1 cm³/mol. The number of anilines is 1. The van der Waals surface area contributed by atoms with Crippen molar-refractivity contribution in [3.63, 3.8) is 0 Å². The molecule has 1 aromatic rings. The maximum absolute atomic E-state index is 10.9. The number of amides is 1. The van der Waals surface area contributed by atoms with Gasteiger partial charge in [0, 0.05) is 12.2 Å². The van der Waals surface area contributed by atoms with Gasteiger partial charge in [0.25, 0.3) is 0 Å². The summed E-state index contributed by atoms with van der Waals surface area (Å²) in [5.74, 6) is 0. The second-order valence-corrected chi connectivity index (χ2v) is 2.86. The summed E-state index contributed by atoms with van der Waals surface area (Å²) in [6.07, 6.45) is -0.0954. The zero-order chi connectivity index (χ0) is 11.1. The summed E-state index contributed by atoms with van der Waals surface area (Å²) in [5, 5.41) is 2.49. The van der Waals surface area contributed by atoms with Crippen LogP contribution < -0.4 is 11.1 Å². The van der Waals surface area contributed by atoms with Gasteiger partial charge in [-0.1, -0.05) is 12.1 Å². The van der Waals surface area contributed by atoms with E-state index in [4.69, 9.17) is 5.73 Å². The SMILES string of the molecule is Nc1ccc(CNC(=O)OCC=O)cc1. The molecule has 0 radical (unpaired) electrons. The molecule has 0 bridgehead atoms. The van der Waals surface area contributed by atoms with Gasteiger partial charge >= 0.3 is 6.09 Å². The van der Waals surface area contributed by atoms with Gasteiger partial charge in [0.1, 0.15) is 6.61 Å². The first-order valence-corrected chi connectivity index (χ1v) is 4.41. The van der Waals surface area contributed by atoms with E-state index in [1.54, 1.807) is 24.3 Å². The lowest BCUT2D eigenvalue weighted by Gasteiger charge is -2.04. The molecule has 0 aliphatic heterocycles. The minimum absolute atomic E-state index is 0.229. The Hall–Kier alpha value is -2.04. The molecule has 80 valence electrons. The van der Waals surface area contributed by atoms with Crippen molar-refractivity contribution in [1.82, 2.24) is 5.32 Å². The van der Waals surface area contributed by atoms with Gasteiger partial charge in [-0.2, -0.15) is 0 Å². The van der Waals surface area contributed by atoms with Gasteiger partial charge < -0.3 is 15.8 Å². The Kier molecular flexibility index (Phi) is 4.15. The molecule has 0 saturated carbocycles. The first-order valence-electron chi connectivity index (χ1n) is 4.41. The summed E-state index contributed by atoms with van der Waals surface area (Å²) in [7, 11) is 0. The fourth-order valence-corrected chi connectivity index (χ4v) is 0.970. The highest BCUT2D eigenvalue weighted by atomic mass is 16.5. The lowest BCUT2D eigenvalue weighted by molar-refractivity contribution is -0.110. The number of carbonyl (C=O) groups is 2. The highest BCUT2D eigenvalue weighted by Gasteiger charge is 2.00. The Bertz CT molecular complexity index is 335. The van der Waals surface area contributed by atoms with E-state index < -0.39 is 6.09 Å². The molecule has 5 nitrogen and oxygen atoms in total. The van der Waals surface area contributed by atoms with Crippen molar-refractivity contribution in [3.8, 4) is 0 Å². The molecule has 15 heavy (non-hydrogen) atoms. The van der Waals surface area contributed by atoms with Crippen LogP contribution in [0.4, 0.5) is 10.5 Å². The molecule has 0 aliphatic carbocycles. The number of ether oxygens (including phenoxy) is 1. The largest absolute Gasteiger partial charge is 0.442 e. The standard InChI is InChI=1S/C10H12N2O3/c11-9-3-1-8(2-4-9)7-12-10(14)15-6-5-13/h1-5H,6-7,11H2,(H,12,14). The summed E-state index contributed by atoms with van der Waals surface area (Å²) >= 11 is 0. The molecule has 0 heterocycles. The third-order valence-electron chi connectivity index (χ3n) is 1.70. The molecule has 3 N–H and O–H groups in total. The molecule has 0 unspecified atom stereocenters. The first kappa shape index (κ1) is 11.0. The highest BCUT2D eigenvalue weighted by molar-refractivity contribution is 5.69. The number of nitrogens with one attached hydrogen (secondary N) is 1. The molecular weight excluding hydrogens is 196 g/mol. The summed E-state index contributed by atoms with van der Waals surface area (Å²) in [6.45, 7) is 0.117. The van der Waals surface area contributed by atoms with Crippen molar-refractivity contribution in [3.05, 3.63) is 29.8 Å².